The fourth-order valence-electron chi connectivity index (χ4n) is 2.44. The zero-order valence-corrected chi connectivity index (χ0v) is 14.2. The van der Waals surface area contributed by atoms with Crippen molar-refractivity contribution in [2.24, 2.45) is 0 Å². The molecule has 0 aliphatic rings. The van der Waals surface area contributed by atoms with E-state index in [0.717, 1.165) is 11.3 Å². The zero-order chi connectivity index (χ0) is 17.6. The van der Waals surface area contributed by atoms with Crippen LogP contribution in [0.2, 0.25) is 0 Å². The first kappa shape index (κ1) is 17.8. The number of aliphatic hydroxyl groups is 1. The molecular weight excluding hydrogens is 306 g/mol. The third-order valence-electron chi connectivity index (χ3n) is 3.73. The number of ether oxygens (including phenoxy) is 2. The molecule has 2 N–H and O–H groups in total. The number of hydrogen-bond donors (Lipinski definition) is 2. The van der Waals surface area contributed by atoms with Crippen LogP contribution in [-0.4, -0.2) is 37.4 Å². The lowest BCUT2D eigenvalue weighted by atomic mass is 9.96. The summed E-state index contributed by atoms with van der Waals surface area (Å²) < 4.78 is 10.3. The topological polar surface area (TPSA) is 67.8 Å². The number of hydrogen-bond acceptors (Lipinski definition) is 4. The van der Waals surface area contributed by atoms with Gasteiger partial charge in [0.2, 0.25) is 0 Å². The lowest BCUT2D eigenvalue weighted by Gasteiger charge is -2.24. The number of carbonyl (C=O) groups excluding carboxylic acids is 1. The molecule has 1 unspecified atom stereocenters. The zero-order valence-electron chi connectivity index (χ0n) is 14.2. The van der Waals surface area contributed by atoms with E-state index in [1.807, 2.05) is 24.3 Å². The van der Waals surface area contributed by atoms with E-state index in [4.69, 9.17) is 9.47 Å². The molecule has 128 valence electrons. The lowest BCUT2D eigenvalue weighted by molar-refractivity contribution is 0.0551. The standard InChI is InChI=1S/C19H23NO4/c1-19(22,12-14-8-10-15(23-2)11-9-14)13-20-18(21)16-6-4-5-7-17(16)24-3/h4-11,22H,12-13H2,1-3H3,(H,20,21). The van der Waals surface area contributed by atoms with Crippen LogP contribution in [0.4, 0.5) is 0 Å². The van der Waals surface area contributed by atoms with E-state index in [-0.39, 0.29) is 12.5 Å². The van der Waals surface area contributed by atoms with Crippen molar-refractivity contribution >= 4 is 5.91 Å². The van der Waals surface area contributed by atoms with Gasteiger partial charge in [0.05, 0.1) is 25.4 Å². The van der Waals surface area contributed by atoms with Crippen molar-refractivity contribution in [3.05, 3.63) is 59.7 Å². The van der Waals surface area contributed by atoms with Crippen LogP contribution < -0.4 is 14.8 Å². The maximum Gasteiger partial charge on any atom is 0.255 e. The van der Waals surface area contributed by atoms with Crippen molar-refractivity contribution in [3.8, 4) is 11.5 Å². The Balaban J connectivity index is 1.97. The van der Waals surface area contributed by atoms with Crippen LogP contribution in [0, 0.1) is 0 Å². The quantitative estimate of drug-likeness (QED) is 0.819. The first-order chi connectivity index (χ1) is 11.4. The smallest absolute Gasteiger partial charge is 0.255 e. The average Bonchev–Trinajstić information content (AvgIpc) is 2.60. The Labute approximate surface area is 142 Å². The third kappa shape index (κ3) is 4.73. The van der Waals surface area contributed by atoms with E-state index in [1.54, 1.807) is 38.3 Å². The van der Waals surface area contributed by atoms with Crippen molar-refractivity contribution in [1.82, 2.24) is 5.32 Å². The Morgan fingerprint density at radius 3 is 2.38 bits per heavy atom. The predicted molar refractivity (Wildman–Crippen MR) is 92.6 cm³/mol. The van der Waals surface area contributed by atoms with Gasteiger partial charge < -0.3 is 19.9 Å². The number of carbonyl (C=O) groups is 1. The van der Waals surface area contributed by atoms with Crippen molar-refractivity contribution < 1.29 is 19.4 Å². The molecule has 24 heavy (non-hydrogen) atoms. The second-order valence-corrected chi connectivity index (χ2v) is 5.90. The first-order valence-corrected chi connectivity index (χ1v) is 7.72. The van der Waals surface area contributed by atoms with Gasteiger partial charge in [-0.15, -0.1) is 0 Å². The minimum atomic E-state index is -1.06. The average molecular weight is 329 g/mol. The van der Waals surface area contributed by atoms with Crippen LogP contribution in [0.25, 0.3) is 0 Å². The first-order valence-electron chi connectivity index (χ1n) is 7.72. The predicted octanol–water partition coefficient (Wildman–Crippen LogP) is 2.43. The maximum atomic E-state index is 12.3. The van der Waals surface area contributed by atoms with Gasteiger partial charge in [0.25, 0.3) is 5.91 Å². The van der Waals surface area contributed by atoms with Gasteiger partial charge in [-0.3, -0.25) is 4.79 Å². The molecule has 0 fully saturated rings. The van der Waals surface area contributed by atoms with Crippen LogP contribution in [0.1, 0.15) is 22.8 Å². The second-order valence-electron chi connectivity index (χ2n) is 5.90. The summed E-state index contributed by atoms with van der Waals surface area (Å²) in [5, 5.41) is 13.3. The summed E-state index contributed by atoms with van der Waals surface area (Å²) in [5.41, 5.74) is 0.347. The molecule has 5 nitrogen and oxygen atoms in total. The summed E-state index contributed by atoms with van der Waals surface area (Å²) in [6.45, 7) is 1.83. The molecule has 0 aliphatic heterocycles. The third-order valence-corrected chi connectivity index (χ3v) is 3.73. The van der Waals surface area contributed by atoms with E-state index in [0.29, 0.717) is 17.7 Å². The van der Waals surface area contributed by atoms with Crippen molar-refractivity contribution in [2.45, 2.75) is 18.9 Å². The number of para-hydroxylation sites is 1. The number of amides is 1. The highest BCUT2D eigenvalue weighted by Crippen LogP contribution is 2.19. The van der Waals surface area contributed by atoms with Gasteiger partial charge in [-0.05, 0) is 36.8 Å². The molecule has 2 rings (SSSR count). The molecule has 0 saturated heterocycles. The second kappa shape index (κ2) is 7.84. The van der Waals surface area contributed by atoms with E-state index < -0.39 is 5.60 Å². The normalized spacial score (nSPS) is 13.0. The van der Waals surface area contributed by atoms with E-state index in [1.165, 1.54) is 7.11 Å². The minimum Gasteiger partial charge on any atom is -0.497 e. The highest BCUT2D eigenvalue weighted by molar-refractivity contribution is 5.96. The van der Waals surface area contributed by atoms with Gasteiger partial charge in [0.1, 0.15) is 11.5 Å². The van der Waals surface area contributed by atoms with Crippen LogP contribution in [0.5, 0.6) is 11.5 Å². The number of benzene rings is 2. The van der Waals surface area contributed by atoms with Crippen LogP contribution in [-0.2, 0) is 6.42 Å². The molecule has 0 saturated carbocycles. The van der Waals surface area contributed by atoms with Gasteiger partial charge in [0.15, 0.2) is 0 Å². The molecule has 0 aromatic heterocycles. The van der Waals surface area contributed by atoms with Crippen molar-refractivity contribution in [3.63, 3.8) is 0 Å². The van der Waals surface area contributed by atoms with Crippen LogP contribution in [0.3, 0.4) is 0 Å². The minimum absolute atomic E-state index is 0.135. The van der Waals surface area contributed by atoms with E-state index in [9.17, 15) is 9.90 Å². The Morgan fingerprint density at radius 2 is 1.75 bits per heavy atom. The number of methoxy groups -OCH3 is 2. The Morgan fingerprint density at radius 1 is 1.08 bits per heavy atom. The molecule has 0 heterocycles. The summed E-state index contributed by atoms with van der Waals surface area (Å²) in [6.07, 6.45) is 0.420. The molecule has 5 heteroatoms. The van der Waals surface area contributed by atoms with Crippen LogP contribution in [0.15, 0.2) is 48.5 Å². The molecule has 0 radical (unpaired) electrons. The van der Waals surface area contributed by atoms with Crippen molar-refractivity contribution in [2.75, 3.05) is 20.8 Å². The number of rotatable bonds is 7. The fourth-order valence-corrected chi connectivity index (χ4v) is 2.44. The SMILES string of the molecule is COc1ccc(CC(C)(O)CNC(=O)c2ccccc2OC)cc1. The van der Waals surface area contributed by atoms with Gasteiger partial charge in [-0.25, -0.2) is 0 Å². The molecule has 0 spiro atoms. The molecule has 0 bridgehead atoms. The number of nitrogens with one attached hydrogen (secondary N) is 1. The highest BCUT2D eigenvalue weighted by atomic mass is 16.5. The Hall–Kier alpha value is -2.53. The molecule has 0 aliphatic carbocycles. The van der Waals surface area contributed by atoms with Crippen molar-refractivity contribution in [1.29, 1.82) is 0 Å². The molecule has 2 aromatic carbocycles. The Kier molecular flexibility index (Phi) is 5.82. The van der Waals surface area contributed by atoms with Gasteiger partial charge in [-0.1, -0.05) is 24.3 Å². The van der Waals surface area contributed by atoms with Crippen LogP contribution >= 0.6 is 0 Å². The molecule has 1 amide bonds. The van der Waals surface area contributed by atoms with Gasteiger partial charge >= 0.3 is 0 Å². The monoisotopic (exact) mass is 329 g/mol. The fraction of sp³-hybridized carbons (Fsp3) is 0.316. The largest absolute Gasteiger partial charge is 0.497 e. The summed E-state index contributed by atoms with van der Waals surface area (Å²) in [7, 11) is 3.13. The van der Waals surface area contributed by atoms with E-state index in [2.05, 4.69) is 5.32 Å². The maximum absolute atomic E-state index is 12.3. The summed E-state index contributed by atoms with van der Waals surface area (Å²) in [5.74, 6) is 0.995. The van der Waals surface area contributed by atoms with E-state index >= 15 is 0 Å². The summed E-state index contributed by atoms with van der Waals surface area (Å²) in [4.78, 5) is 12.3. The molecular formula is C19H23NO4. The Bertz CT molecular complexity index is 680. The molecule has 1 atom stereocenters. The van der Waals surface area contributed by atoms with Gasteiger partial charge in [0, 0.05) is 13.0 Å². The molecule has 2 aromatic rings. The summed E-state index contributed by atoms with van der Waals surface area (Å²) >= 11 is 0. The summed E-state index contributed by atoms with van der Waals surface area (Å²) in [6, 6.07) is 14.5. The lowest BCUT2D eigenvalue weighted by Crippen LogP contribution is -2.42. The highest BCUT2D eigenvalue weighted by Gasteiger charge is 2.23. The van der Waals surface area contributed by atoms with Gasteiger partial charge in [-0.2, -0.15) is 0 Å².